The summed E-state index contributed by atoms with van der Waals surface area (Å²) in [4.78, 5) is 6.88. The average Bonchev–Trinajstić information content (AvgIpc) is 2.78. The second-order valence-electron chi connectivity index (χ2n) is 8.04. The Bertz CT molecular complexity index is 593. The summed E-state index contributed by atoms with van der Waals surface area (Å²) in [6.07, 6.45) is 7.47. The molecule has 2 aliphatic heterocycles. The molecule has 0 atom stereocenters. The van der Waals surface area contributed by atoms with Crippen LogP contribution in [-0.4, -0.2) is 63.5 Å². The second kappa shape index (κ2) is 12.8. The van der Waals surface area contributed by atoms with Crippen LogP contribution in [0, 0.1) is 0 Å². The third-order valence-corrected chi connectivity index (χ3v) is 5.70. The van der Waals surface area contributed by atoms with Crippen LogP contribution in [0.3, 0.4) is 0 Å². The molecule has 1 aromatic rings. The second-order valence-corrected chi connectivity index (χ2v) is 8.04. The van der Waals surface area contributed by atoms with Crippen molar-refractivity contribution in [1.29, 1.82) is 0 Å². The van der Waals surface area contributed by atoms with Crippen LogP contribution in [0.15, 0.2) is 29.3 Å². The Labute approximate surface area is 176 Å². The first-order chi connectivity index (χ1) is 14.3. The van der Waals surface area contributed by atoms with Crippen LogP contribution in [-0.2, 0) is 22.6 Å². The lowest BCUT2D eigenvalue weighted by Gasteiger charge is -2.26. The molecule has 6 heteroatoms. The molecule has 0 radical (unpaired) electrons. The van der Waals surface area contributed by atoms with Gasteiger partial charge in [0, 0.05) is 46.5 Å². The van der Waals surface area contributed by atoms with E-state index in [0.717, 1.165) is 64.7 Å². The van der Waals surface area contributed by atoms with E-state index in [2.05, 4.69) is 44.8 Å². The molecule has 1 aromatic carbocycles. The van der Waals surface area contributed by atoms with Crippen molar-refractivity contribution in [1.82, 2.24) is 15.5 Å². The molecule has 162 valence electrons. The summed E-state index contributed by atoms with van der Waals surface area (Å²) >= 11 is 0. The molecule has 2 fully saturated rings. The van der Waals surface area contributed by atoms with E-state index in [9.17, 15) is 0 Å². The van der Waals surface area contributed by atoms with Crippen molar-refractivity contribution in [3.05, 3.63) is 35.4 Å². The fraction of sp³-hybridized carbons (Fsp3) is 0.696. The molecule has 2 N–H and O–H groups in total. The fourth-order valence-electron chi connectivity index (χ4n) is 3.92. The SMILES string of the molecule is CN=C(NCCCOC1CCOCC1)NCc1ccc(CN2CCCCC2)cc1. The zero-order valence-electron chi connectivity index (χ0n) is 18.0. The zero-order valence-corrected chi connectivity index (χ0v) is 18.0. The zero-order chi connectivity index (χ0) is 20.2. The Kier molecular flexibility index (Phi) is 9.76. The minimum absolute atomic E-state index is 0.374. The summed E-state index contributed by atoms with van der Waals surface area (Å²) in [5.41, 5.74) is 2.68. The van der Waals surface area contributed by atoms with E-state index in [0.29, 0.717) is 6.10 Å². The number of guanidine groups is 1. The molecular weight excluding hydrogens is 364 g/mol. The van der Waals surface area contributed by atoms with Gasteiger partial charge in [-0.3, -0.25) is 9.89 Å². The maximum atomic E-state index is 5.91. The number of nitrogens with one attached hydrogen (secondary N) is 2. The smallest absolute Gasteiger partial charge is 0.191 e. The predicted octanol–water partition coefficient (Wildman–Crippen LogP) is 2.92. The minimum atomic E-state index is 0.374. The summed E-state index contributed by atoms with van der Waals surface area (Å²) in [6, 6.07) is 8.97. The van der Waals surface area contributed by atoms with E-state index >= 15 is 0 Å². The fourth-order valence-corrected chi connectivity index (χ4v) is 3.92. The number of likely N-dealkylation sites (tertiary alicyclic amines) is 1. The number of ether oxygens (including phenoxy) is 2. The van der Waals surface area contributed by atoms with Gasteiger partial charge in [-0.1, -0.05) is 30.7 Å². The molecule has 0 saturated carbocycles. The topological polar surface area (TPSA) is 58.1 Å². The first kappa shape index (κ1) is 22.1. The third kappa shape index (κ3) is 8.33. The van der Waals surface area contributed by atoms with E-state index in [1.165, 1.54) is 43.5 Å². The molecule has 0 spiro atoms. The van der Waals surface area contributed by atoms with E-state index in [1.807, 2.05) is 7.05 Å². The third-order valence-electron chi connectivity index (χ3n) is 5.70. The lowest BCUT2D eigenvalue weighted by atomic mass is 10.1. The van der Waals surface area contributed by atoms with Gasteiger partial charge in [-0.05, 0) is 56.3 Å². The largest absolute Gasteiger partial charge is 0.381 e. The maximum Gasteiger partial charge on any atom is 0.191 e. The van der Waals surface area contributed by atoms with Crippen LogP contribution in [0.2, 0.25) is 0 Å². The van der Waals surface area contributed by atoms with Crippen molar-refractivity contribution < 1.29 is 9.47 Å². The molecule has 0 unspecified atom stereocenters. The lowest BCUT2D eigenvalue weighted by molar-refractivity contribution is -0.0320. The molecule has 0 bridgehead atoms. The van der Waals surface area contributed by atoms with Gasteiger partial charge in [-0.25, -0.2) is 0 Å². The highest BCUT2D eigenvalue weighted by Crippen LogP contribution is 2.14. The highest BCUT2D eigenvalue weighted by Gasteiger charge is 2.13. The van der Waals surface area contributed by atoms with Gasteiger partial charge < -0.3 is 20.1 Å². The highest BCUT2D eigenvalue weighted by molar-refractivity contribution is 5.79. The summed E-state index contributed by atoms with van der Waals surface area (Å²) in [6.45, 7) is 7.65. The van der Waals surface area contributed by atoms with Gasteiger partial charge in [0.1, 0.15) is 0 Å². The van der Waals surface area contributed by atoms with Crippen molar-refractivity contribution in [2.75, 3.05) is 46.5 Å². The van der Waals surface area contributed by atoms with Crippen LogP contribution in [0.5, 0.6) is 0 Å². The van der Waals surface area contributed by atoms with Crippen LogP contribution in [0.1, 0.15) is 49.7 Å². The van der Waals surface area contributed by atoms with E-state index < -0.39 is 0 Å². The summed E-state index contributed by atoms with van der Waals surface area (Å²) < 4.78 is 11.3. The quantitative estimate of drug-likeness (QED) is 0.378. The molecule has 29 heavy (non-hydrogen) atoms. The van der Waals surface area contributed by atoms with Gasteiger partial charge in [0.2, 0.25) is 0 Å². The van der Waals surface area contributed by atoms with Crippen LogP contribution < -0.4 is 10.6 Å². The average molecular weight is 403 g/mol. The first-order valence-corrected chi connectivity index (χ1v) is 11.3. The predicted molar refractivity (Wildman–Crippen MR) is 118 cm³/mol. The van der Waals surface area contributed by atoms with E-state index in [-0.39, 0.29) is 0 Å². The summed E-state index contributed by atoms with van der Waals surface area (Å²) in [5, 5.41) is 6.77. The lowest BCUT2D eigenvalue weighted by Crippen LogP contribution is -2.37. The van der Waals surface area contributed by atoms with Gasteiger partial charge in [-0.2, -0.15) is 0 Å². The van der Waals surface area contributed by atoms with Crippen molar-refractivity contribution in [3.63, 3.8) is 0 Å². The minimum Gasteiger partial charge on any atom is -0.381 e. The molecule has 0 aliphatic carbocycles. The number of benzene rings is 1. The number of nitrogens with zero attached hydrogens (tertiary/aromatic N) is 2. The van der Waals surface area contributed by atoms with Crippen LogP contribution in [0.25, 0.3) is 0 Å². The maximum absolute atomic E-state index is 5.91. The number of rotatable bonds is 9. The molecular formula is C23H38N4O2. The molecule has 6 nitrogen and oxygen atoms in total. The van der Waals surface area contributed by atoms with E-state index in [4.69, 9.17) is 9.47 Å². The standard InChI is InChI=1S/C23H38N4O2/c1-24-23(25-12-5-15-29-22-10-16-28-17-11-22)26-18-20-6-8-21(9-7-20)19-27-13-3-2-4-14-27/h6-9,22H,2-5,10-19H2,1H3,(H2,24,25,26). The van der Waals surface area contributed by atoms with Crippen molar-refractivity contribution in [3.8, 4) is 0 Å². The Hall–Kier alpha value is -1.63. The van der Waals surface area contributed by atoms with Gasteiger partial charge >= 0.3 is 0 Å². The number of hydrogen-bond acceptors (Lipinski definition) is 4. The van der Waals surface area contributed by atoms with Gasteiger partial charge in [0.05, 0.1) is 6.10 Å². The normalized spacial score (nSPS) is 19.3. The Balaban J connectivity index is 1.29. The summed E-state index contributed by atoms with van der Waals surface area (Å²) in [7, 11) is 1.82. The molecule has 3 rings (SSSR count). The Morgan fingerprint density at radius 3 is 2.52 bits per heavy atom. The van der Waals surface area contributed by atoms with Crippen molar-refractivity contribution >= 4 is 5.96 Å². The number of aliphatic imine (C=N–C) groups is 1. The highest BCUT2D eigenvalue weighted by atomic mass is 16.5. The van der Waals surface area contributed by atoms with Crippen molar-refractivity contribution in [2.24, 2.45) is 4.99 Å². The number of piperidine rings is 1. The summed E-state index contributed by atoms with van der Waals surface area (Å²) in [5.74, 6) is 0.841. The Morgan fingerprint density at radius 2 is 1.79 bits per heavy atom. The first-order valence-electron chi connectivity index (χ1n) is 11.3. The van der Waals surface area contributed by atoms with Crippen LogP contribution >= 0.6 is 0 Å². The molecule has 0 amide bonds. The van der Waals surface area contributed by atoms with Crippen LogP contribution in [0.4, 0.5) is 0 Å². The van der Waals surface area contributed by atoms with Gasteiger partial charge in [-0.15, -0.1) is 0 Å². The molecule has 0 aromatic heterocycles. The van der Waals surface area contributed by atoms with Crippen molar-refractivity contribution in [2.45, 2.75) is 57.7 Å². The van der Waals surface area contributed by atoms with E-state index in [1.54, 1.807) is 0 Å². The monoisotopic (exact) mass is 402 g/mol. The molecule has 2 heterocycles. The number of hydrogen-bond donors (Lipinski definition) is 2. The van der Waals surface area contributed by atoms with Gasteiger partial charge in [0.25, 0.3) is 0 Å². The van der Waals surface area contributed by atoms with Gasteiger partial charge in [0.15, 0.2) is 5.96 Å². The molecule has 2 aliphatic rings. The Morgan fingerprint density at radius 1 is 1.07 bits per heavy atom. The molecule has 2 saturated heterocycles.